The quantitative estimate of drug-likeness (QED) is 0.499. The molecule has 2 aromatic heterocycles. The fourth-order valence-electron chi connectivity index (χ4n) is 3.40. The predicted molar refractivity (Wildman–Crippen MR) is 102 cm³/mol. The second kappa shape index (κ2) is 6.11. The summed E-state index contributed by atoms with van der Waals surface area (Å²) in [4.78, 5) is 4.43. The molecule has 0 saturated carbocycles. The number of nitrogens with zero attached hydrogens (tertiary/aromatic N) is 5. The van der Waals surface area contributed by atoms with Crippen molar-refractivity contribution in [1.82, 2.24) is 24.5 Å². The minimum atomic E-state index is 0.663. The molecule has 0 aliphatic rings. The summed E-state index contributed by atoms with van der Waals surface area (Å²) in [6, 6.07) is 22.9. The lowest BCUT2D eigenvalue weighted by atomic mass is 10.0. The molecule has 126 valence electrons. The number of rotatable bonds is 4. The molecule has 0 atom stereocenters. The summed E-state index contributed by atoms with van der Waals surface area (Å²) >= 11 is 0. The van der Waals surface area contributed by atoms with E-state index in [2.05, 4.69) is 68.4 Å². The van der Waals surface area contributed by atoms with Crippen LogP contribution in [-0.4, -0.2) is 24.5 Å². The van der Waals surface area contributed by atoms with Gasteiger partial charge in [0, 0.05) is 0 Å². The lowest BCUT2D eigenvalue weighted by Gasteiger charge is -2.06. The van der Waals surface area contributed by atoms with Crippen molar-refractivity contribution in [1.29, 1.82) is 0 Å². The number of fused-ring (bicyclic) bond motifs is 2. The molecule has 0 radical (unpaired) electrons. The van der Waals surface area contributed by atoms with Crippen LogP contribution in [-0.2, 0) is 13.1 Å². The molecule has 26 heavy (non-hydrogen) atoms. The van der Waals surface area contributed by atoms with Crippen LogP contribution in [0.2, 0.25) is 0 Å². The van der Waals surface area contributed by atoms with Crippen LogP contribution >= 0.6 is 0 Å². The Morgan fingerprint density at radius 1 is 0.808 bits per heavy atom. The van der Waals surface area contributed by atoms with Crippen molar-refractivity contribution in [2.24, 2.45) is 0 Å². The van der Waals surface area contributed by atoms with Crippen molar-refractivity contribution in [3.8, 4) is 0 Å². The molecule has 2 heterocycles. The molecule has 0 unspecified atom stereocenters. The fourth-order valence-corrected chi connectivity index (χ4v) is 3.40. The molecular weight excluding hydrogens is 322 g/mol. The molecule has 5 nitrogen and oxygen atoms in total. The Balaban J connectivity index is 1.41. The molecule has 3 aromatic carbocycles. The van der Waals surface area contributed by atoms with E-state index in [0.717, 1.165) is 16.7 Å². The molecule has 0 saturated heterocycles. The minimum Gasteiger partial charge on any atom is -0.324 e. The first-order valence-electron chi connectivity index (χ1n) is 8.62. The molecule has 0 aliphatic heterocycles. The first-order chi connectivity index (χ1) is 12.9. The summed E-state index contributed by atoms with van der Waals surface area (Å²) in [7, 11) is 0. The summed E-state index contributed by atoms with van der Waals surface area (Å²) in [6.07, 6.45) is 3.87. The zero-order valence-corrected chi connectivity index (χ0v) is 14.2. The van der Waals surface area contributed by atoms with Crippen molar-refractivity contribution in [2.75, 3.05) is 0 Å². The molecule has 5 heteroatoms. The summed E-state index contributed by atoms with van der Waals surface area (Å²) < 4.78 is 4.00. The van der Waals surface area contributed by atoms with Gasteiger partial charge in [-0.25, -0.2) is 9.67 Å². The largest absolute Gasteiger partial charge is 0.324 e. The molecule has 0 spiro atoms. The van der Waals surface area contributed by atoms with Gasteiger partial charge in [0.05, 0.1) is 36.6 Å². The first kappa shape index (κ1) is 14.8. The van der Waals surface area contributed by atoms with Crippen LogP contribution in [0.1, 0.15) is 11.3 Å². The van der Waals surface area contributed by atoms with Gasteiger partial charge in [-0.2, -0.15) is 0 Å². The van der Waals surface area contributed by atoms with Gasteiger partial charge in [0.2, 0.25) is 0 Å². The second-order valence-electron chi connectivity index (χ2n) is 6.41. The van der Waals surface area contributed by atoms with Crippen LogP contribution in [0.3, 0.4) is 0 Å². The van der Waals surface area contributed by atoms with Crippen molar-refractivity contribution >= 4 is 21.8 Å². The molecule has 0 N–H and O–H groups in total. The van der Waals surface area contributed by atoms with E-state index in [9.17, 15) is 0 Å². The lowest BCUT2D eigenvalue weighted by molar-refractivity contribution is 0.651. The third-order valence-corrected chi connectivity index (χ3v) is 4.66. The van der Waals surface area contributed by atoms with Gasteiger partial charge >= 0.3 is 0 Å². The zero-order valence-electron chi connectivity index (χ0n) is 14.2. The monoisotopic (exact) mass is 339 g/mol. The van der Waals surface area contributed by atoms with Gasteiger partial charge in [-0.1, -0.05) is 59.8 Å². The summed E-state index contributed by atoms with van der Waals surface area (Å²) in [6.45, 7) is 1.37. The van der Waals surface area contributed by atoms with Crippen LogP contribution in [0.4, 0.5) is 0 Å². The van der Waals surface area contributed by atoms with E-state index in [1.165, 1.54) is 16.3 Å². The molecule has 5 rings (SSSR count). The average molecular weight is 339 g/mol. The molecular formula is C21H17N5. The van der Waals surface area contributed by atoms with E-state index >= 15 is 0 Å². The van der Waals surface area contributed by atoms with Crippen LogP contribution in [0.25, 0.3) is 21.8 Å². The predicted octanol–water partition coefficient (Wildman–Crippen LogP) is 3.88. The van der Waals surface area contributed by atoms with E-state index < -0.39 is 0 Å². The van der Waals surface area contributed by atoms with Gasteiger partial charge in [0.1, 0.15) is 5.69 Å². The maximum atomic E-state index is 4.43. The van der Waals surface area contributed by atoms with Gasteiger partial charge in [-0.05, 0) is 28.5 Å². The maximum Gasteiger partial charge on any atom is 0.102 e. The number of imidazole rings is 1. The van der Waals surface area contributed by atoms with Gasteiger partial charge in [0.25, 0.3) is 0 Å². The molecule has 0 fully saturated rings. The SMILES string of the molecule is c1ccc2c(Cn3cc(Cn4cnc5ccccc54)nn3)cccc2c1. The summed E-state index contributed by atoms with van der Waals surface area (Å²) in [5.41, 5.74) is 4.27. The Hall–Kier alpha value is -3.47. The van der Waals surface area contributed by atoms with E-state index in [1.807, 2.05) is 35.4 Å². The Bertz CT molecular complexity index is 1200. The highest BCUT2D eigenvalue weighted by molar-refractivity contribution is 5.85. The Morgan fingerprint density at radius 3 is 2.65 bits per heavy atom. The van der Waals surface area contributed by atoms with Gasteiger partial charge in [0.15, 0.2) is 0 Å². The highest BCUT2D eigenvalue weighted by atomic mass is 15.4. The van der Waals surface area contributed by atoms with Gasteiger partial charge in [-0.15, -0.1) is 5.10 Å². The Kier molecular flexibility index (Phi) is 3.49. The lowest BCUT2D eigenvalue weighted by Crippen LogP contribution is -2.01. The van der Waals surface area contributed by atoms with Crippen LogP contribution in [0, 0.1) is 0 Å². The molecule has 5 aromatic rings. The number of benzene rings is 3. The number of hydrogen-bond acceptors (Lipinski definition) is 3. The minimum absolute atomic E-state index is 0.663. The van der Waals surface area contributed by atoms with Gasteiger partial charge < -0.3 is 4.57 Å². The normalized spacial score (nSPS) is 11.4. The van der Waals surface area contributed by atoms with E-state index in [1.54, 1.807) is 0 Å². The van der Waals surface area contributed by atoms with Crippen LogP contribution in [0.15, 0.2) is 79.3 Å². The molecule has 0 amide bonds. The topological polar surface area (TPSA) is 48.5 Å². The zero-order chi connectivity index (χ0) is 17.3. The van der Waals surface area contributed by atoms with Crippen molar-refractivity contribution < 1.29 is 0 Å². The summed E-state index contributed by atoms with van der Waals surface area (Å²) in [5.74, 6) is 0. The van der Waals surface area contributed by atoms with Crippen LogP contribution < -0.4 is 0 Å². The number of para-hydroxylation sites is 2. The standard InChI is InChI=1S/C21H17N5/c1-2-9-19-16(6-1)7-5-8-17(19)12-26-14-18(23-24-26)13-25-15-22-20-10-3-4-11-21(20)25/h1-11,14-15H,12-13H2. The average Bonchev–Trinajstić information content (AvgIpc) is 3.30. The highest BCUT2D eigenvalue weighted by Gasteiger charge is 2.07. The maximum absolute atomic E-state index is 4.43. The van der Waals surface area contributed by atoms with Gasteiger partial charge in [-0.3, -0.25) is 0 Å². The Labute approximate surface area is 150 Å². The van der Waals surface area contributed by atoms with Crippen molar-refractivity contribution in [3.05, 3.63) is 90.5 Å². The smallest absolute Gasteiger partial charge is 0.102 e. The number of aromatic nitrogens is 5. The van der Waals surface area contributed by atoms with E-state index in [4.69, 9.17) is 0 Å². The van der Waals surface area contributed by atoms with Crippen LogP contribution in [0.5, 0.6) is 0 Å². The van der Waals surface area contributed by atoms with E-state index in [-0.39, 0.29) is 0 Å². The third kappa shape index (κ3) is 2.63. The molecule has 0 bridgehead atoms. The molecule has 0 aliphatic carbocycles. The fraction of sp³-hybridized carbons (Fsp3) is 0.0952. The van der Waals surface area contributed by atoms with Crippen molar-refractivity contribution in [2.45, 2.75) is 13.1 Å². The second-order valence-corrected chi connectivity index (χ2v) is 6.41. The Morgan fingerprint density at radius 2 is 1.65 bits per heavy atom. The number of hydrogen-bond donors (Lipinski definition) is 0. The highest BCUT2D eigenvalue weighted by Crippen LogP contribution is 2.19. The summed E-state index contributed by atoms with van der Waals surface area (Å²) in [5, 5.41) is 11.2. The van der Waals surface area contributed by atoms with E-state index in [0.29, 0.717) is 13.1 Å². The third-order valence-electron chi connectivity index (χ3n) is 4.66. The first-order valence-corrected chi connectivity index (χ1v) is 8.62. The van der Waals surface area contributed by atoms with Crippen molar-refractivity contribution in [3.63, 3.8) is 0 Å².